The molecule has 4 nitrogen and oxygen atoms in total. The molecule has 15 heavy (non-hydrogen) atoms. The van der Waals surface area contributed by atoms with Gasteiger partial charge in [-0.25, -0.2) is 17.9 Å². The standard InChI is InChI=1S/C9H12FNO3S/c1-6(2)14-8-4-3-7(10)5-9(8)15(11,12)13/h3-6H,1-2H3,(H2,11,12,13). The predicted octanol–water partition coefficient (Wildman–Crippen LogP) is 1.26. The van der Waals surface area contributed by atoms with Crippen LogP contribution in [0.4, 0.5) is 4.39 Å². The van der Waals surface area contributed by atoms with Crippen LogP contribution in [0.3, 0.4) is 0 Å². The highest BCUT2D eigenvalue weighted by atomic mass is 32.2. The quantitative estimate of drug-likeness (QED) is 0.854. The van der Waals surface area contributed by atoms with E-state index in [0.717, 1.165) is 12.1 Å². The molecular formula is C9H12FNO3S. The van der Waals surface area contributed by atoms with Gasteiger partial charge in [0, 0.05) is 0 Å². The number of ether oxygens (including phenoxy) is 1. The zero-order valence-electron chi connectivity index (χ0n) is 8.40. The summed E-state index contributed by atoms with van der Waals surface area (Å²) in [7, 11) is -3.97. The van der Waals surface area contributed by atoms with Crippen molar-refractivity contribution < 1.29 is 17.5 Å². The molecule has 0 heterocycles. The highest BCUT2D eigenvalue weighted by molar-refractivity contribution is 7.89. The first-order valence-corrected chi connectivity index (χ1v) is 5.84. The van der Waals surface area contributed by atoms with Crippen LogP contribution in [0.2, 0.25) is 0 Å². The zero-order valence-corrected chi connectivity index (χ0v) is 9.21. The molecule has 0 bridgehead atoms. The van der Waals surface area contributed by atoms with E-state index >= 15 is 0 Å². The van der Waals surface area contributed by atoms with E-state index in [1.807, 2.05) is 0 Å². The summed E-state index contributed by atoms with van der Waals surface area (Å²) in [6, 6.07) is 3.20. The maximum atomic E-state index is 12.8. The number of primary sulfonamides is 1. The summed E-state index contributed by atoms with van der Waals surface area (Å²) in [5.41, 5.74) is 0. The Morgan fingerprint density at radius 2 is 2.00 bits per heavy atom. The summed E-state index contributed by atoms with van der Waals surface area (Å²) in [6.45, 7) is 3.46. The number of hydrogen-bond acceptors (Lipinski definition) is 3. The van der Waals surface area contributed by atoms with Gasteiger partial charge in [0.15, 0.2) is 0 Å². The molecule has 1 aromatic rings. The van der Waals surface area contributed by atoms with Crippen molar-refractivity contribution in [1.82, 2.24) is 0 Å². The fraction of sp³-hybridized carbons (Fsp3) is 0.333. The van der Waals surface area contributed by atoms with Gasteiger partial charge >= 0.3 is 0 Å². The maximum absolute atomic E-state index is 12.8. The van der Waals surface area contributed by atoms with Gasteiger partial charge in [-0.05, 0) is 32.0 Å². The van der Waals surface area contributed by atoms with Gasteiger partial charge in [-0.1, -0.05) is 0 Å². The van der Waals surface area contributed by atoms with Crippen molar-refractivity contribution in [2.75, 3.05) is 0 Å². The van der Waals surface area contributed by atoms with Crippen LogP contribution in [0.25, 0.3) is 0 Å². The van der Waals surface area contributed by atoms with Crippen LogP contribution in [-0.2, 0) is 10.0 Å². The van der Waals surface area contributed by atoms with Gasteiger partial charge in [-0.2, -0.15) is 0 Å². The first-order chi connectivity index (χ1) is 6.80. The average Bonchev–Trinajstić information content (AvgIpc) is 2.05. The molecule has 0 spiro atoms. The fourth-order valence-corrected chi connectivity index (χ4v) is 1.73. The van der Waals surface area contributed by atoms with Crippen LogP contribution in [0.1, 0.15) is 13.8 Å². The lowest BCUT2D eigenvalue weighted by molar-refractivity contribution is 0.235. The molecule has 6 heteroatoms. The van der Waals surface area contributed by atoms with Crippen molar-refractivity contribution >= 4 is 10.0 Å². The normalized spacial score (nSPS) is 11.8. The van der Waals surface area contributed by atoms with Crippen LogP contribution < -0.4 is 9.88 Å². The average molecular weight is 233 g/mol. The number of halogens is 1. The highest BCUT2D eigenvalue weighted by Crippen LogP contribution is 2.24. The van der Waals surface area contributed by atoms with Crippen molar-refractivity contribution in [2.24, 2.45) is 5.14 Å². The van der Waals surface area contributed by atoms with E-state index in [1.54, 1.807) is 13.8 Å². The molecule has 2 N–H and O–H groups in total. The second-order valence-electron chi connectivity index (χ2n) is 3.30. The van der Waals surface area contributed by atoms with Crippen molar-refractivity contribution in [1.29, 1.82) is 0 Å². The molecule has 0 fully saturated rings. The third kappa shape index (κ3) is 3.17. The fourth-order valence-electron chi connectivity index (χ4n) is 1.06. The van der Waals surface area contributed by atoms with Crippen LogP contribution in [0.5, 0.6) is 5.75 Å². The molecule has 84 valence electrons. The van der Waals surface area contributed by atoms with Gasteiger partial charge in [0.2, 0.25) is 10.0 Å². The summed E-state index contributed by atoms with van der Waals surface area (Å²) in [4.78, 5) is -0.337. The van der Waals surface area contributed by atoms with Crippen LogP contribution in [0, 0.1) is 5.82 Å². The Kier molecular flexibility index (Phi) is 3.31. The molecule has 0 aliphatic rings. The van der Waals surface area contributed by atoms with Crippen LogP contribution in [0.15, 0.2) is 23.1 Å². The lowest BCUT2D eigenvalue weighted by atomic mass is 10.3. The Morgan fingerprint density at radius 1 is 1.40 bits per heavy atom. The highest BCUT2D eigenvalue weighted by Gasteiger charge is 2.16. The monoisotopic (exact) mass is 233 g/mol. The summed E-state index contributed by atoms with van der Waals surface area (Å²) in [5, 5.41) is 4.93. The molecule has 0 aromatic heterocycles. The van der Waals surface area contributed by atoms with Gasteiger partial charge in [-0.3, -0.25) is 0 Å². The van der Waals surface area contributed by atoms with E-state index < -0.39 is 15.8 Å². The lowest BCUT2D eigenvalue weighted by Gasteiger charge is -2.12. The minimum absolute atomic E-state index is 0.0638. The smallest absolute Gasteiger partial charge is 0.241 e. The topological polar surface area (TPSA) is 69.4 Å². The van der Waals surface area contributed by atoms with Gasteiger partial charge in [-0.15, -0.1) is 0 Å². The van der Waals surface area contributed by atoms with E-state index in [-0.39, 0.29) is 16.7 Å². The van der Waals surface area contributed by atoms with Crippen molar-refractivity contribution in [3.05, 3.63) is 24.0 Å². The Hall–Kier alpha value is -1.14. The molecule has 1 aromatic carbocycles. The van der Waals surface area contributed by atoms with Crippen LogP contribution in [-0.4, -0.2) is 14.5 Å². The molecule has 0 atom stereocenters. The molecule has 0 unspecified atom stereocenters. The summed E-state index contributed by atoms with van der Waals surface area (Å²) in [6.07, 6.45) is -0.212. The summed E-state index contributed by atoms with van der Waals surface area (Å²) < 4.78 is 40.3. The molecule has 0 radical (unpaired) electrons. The number of benzene rings is 1. The molecule has 0 saturated heterocycles. The number of nitrogens with two attached hydrogens (primary N) is 1. The third-order valence-electron chi connectivity index (χ3n) is 1.57. The Balaban J connectivity index is 3.27. The number of hydrogen-bond donors (Lipinski definition) is 1. The van der Waals surface area contributed by atoms with Crippen molar-refractivity contribution in [3.8, 4) is 5.75 Å². The molecular weight excluding hydrogens is 221 g/mol. The first kappa shape index (κ1) is 11.9. The van der Waals surface area contributed by atoms with Crippen molar-refractivity contribution in [2.45, 2.75) is 24.8 Å². The van der Waals surface area contributed by atoms with Gasteiger partial charge in [0.1, 0.15) is 16.5 Å². The number of rotatable bonds is 3. The molecule has 0 aliphatic carbocycles. The summed E-state index contributed by atoms with van der Waals surface area (Å²) >= 11 is 0. The van der Waals surface area contributed by atoms with E-state index in [1.165, 1.54) is 6.07 Å². The third-order valence-corrected chi connectivity index (χ3v) is 2.51. The Labute approximate surface area is 87.9 Å². The zero-order chi connectivity index (χ0) is 11.6. The van der Waals surface area contributed by atoms with Gasteiger partial charge in [0.05, 0.1) is 6.10 Å². The minimum Gasteiger partial charge on any atom is -0.490 e. The largest absolute Gasteiger partial charge is 0.490 e. The number of sulfonamides is 1. The lowest BCUT2D eigenvalue weighted by Crippen LogP contribution is -2.16. The molecule has 1 rings (SSSR count). The van der Waals surface area contributed by atoms with Crippen molar-refractivity contribution in [3.63, 3.8) is 0 Å². The Morgan fingerprint density at radius 3 is 2.47 bits per heavy atom. The van der Waals surface area contributed by atoms with E-state index in [4.69, 9.17) is 9.88 Å². The maximum Gasteiger partial charge on any atom is 0.241 e. The SMILES string of the molecule is CC(C)Oc1ccc(F)cc1S(N)(=O)=O. The predicted molar refractivity (Wildman–Crippen MR) is 53.5 cm³/mol. The van der Waals surface area contributed by atoms with E-state index in [9.17, 15) is 12.8 Å². The van der Waals surface area contributed by atoms with Gasteiger partial charge in [0.25, 0.3) is 0 Å². The summed E-state index contributed by atoms with van der Waals surface area (Å²) in [5.74, 6) is -0.607. The second-order valence-corrected chi connectivity index (χ2v) is 4.83. The van der Waals surface area contributed by atoms with E-state index in [2.05, 4.69) is 0 Å². The molecule has 0 amide bonds. The molecule has 0 aliphatic heterocycles. The minimum atomic E-state index is -3.97. The van der Waals surface area contributed by atoms with E-state index in [0.29, 0.717) is 0 Å². The second kappa shape index (κ2) is 4.16. The Bertz CT molecular complexity index is 456. The first-order valence-electron chi connectivity index (χ1n) is 4.29. The molecule has 0 saturated carbocycles. The van der Waals surface area contributed by atoms with Gasteiger partial charge < -0.3 is 4.74 Å². The van der Waals surface area contributed by atoms with Crippen LogP contribution >= 0.6 is 0 Å².